The van der Waals surface area contributed by atoms with Crippen LogP contribution in [0.25, 0.3) is 10.2 Å². The lowest BCUT2D eigenvalue weighted by molar-refractivity contribution is 0.102. The van der Waals surface area contributed by atoms with Gasteiger partial charge in [-0.1, -0.05) is 17.4 Å². The second-order valence-electron chi connectivity index (χ2n) is 7.86. The van der Waals surface area contributed by atoms with Gasteiger partial charge < -0.3 is 24.6 Å². The molecule has 6 rings (SSSR count). The Morgan fingerprint density at radius 2 is 1.79 bits per heavy atom. The highest BCUT2D eigenvalue weighted by Gasteiger charge is 2.21. The Labute approximate surface area is 194 Å². The van der Waals surface area contributed by atoms with E-state index in [4.69, 9.17) is 14.5 Å². The van der Waals surface area contributed by atoms with Crippen LogP contribution in [0.4, 0.5) is 16.6 Å². The topological polar surface area (TPSA) is 79.8 Å². The van der Waals surface area contributed by atoms with Crippen LogP contribution in [0.2, 0.25) is 0 Å². The second-order valence-corrected chi connectivity index (χ2v) is 8.87. The molecule has 0 aliphatic carbocycles. The molecule has 2 aliphatic heterocycles. The van der Waals surface area contributed by atoms with E-state index in [-0.39, 0.29) is 12.7 Å². The van der Waals surface area contributed by atoms with E-state index in [0.717, 1.165) is 47.3 Å². The fourth-order valence-corrected chi connectivity index (χ4v) is 5.09. The van der Waals surface area contributed by atoms with E-state index < -0.39 is 0 Å². The number of amides is 1. The van der Waals surface area contributed by atoms with Crippen molar-refractivity contribution in [1.82, 2.24) is 9.97 Å². The van der Waals surface area contributed by atoms with Crippen molar-refractivity contribution in [2.75, 3.05) is 48.1 Å². The van der Waals surface area contributed by atoms with Crippen LogP contribution in [0, 0.1) is 0 Å². The summed E-state index contributed by atoms with van der Waals surface area (Å²) in [6, 6.07) is 17.0. The summed E-state index contributed by atoms with van der Waals surface area (Å²) in [7, 11) is 0. The number of aromatic nitrogens is 2. The zero-order valence-corrected chi connectivity index (χ0v) is 18.5. The fraction of sp³-hybridized carbons (Fsp3) is 0.208. The summed E-state index contributed by atoms with van der Waals surface area (Å²) in [6.45, 7) is 3.77. The molecular weight excluding hydrogens is 438 g/mol. The minimum Gasteiger partial charge on any atom is -0.454 e. The summed E-state index contributed by atoms with van der Waals surface area (Å²) in [4.78, 5) is 26.7. The zero-order valence-electron chi connectivity index (χ0n) is 17.7. The normalized spacial score (nSPS) is 15.2. The summed E-state index contributed by atoms with van der Waals surface area (Å²) < 4.78 is 11.7. The molecule has 0 spiro atoms. The van der Waals surface area contributed by atoms with Gasteiger partial charge in [-0.3, -0.25) is 4.79 Å². The Balaban J connectivity index is 1.15. The minimum absolute atomic E-state index is 0.172. The number of benzene rings is 2. The Morgan fingerprint density at radius 1 is 0.939 bits per heavy atom. The molecule has 0 radical (unpaired) electrons. The number of nitrogens with one attached hydrogen (secondary N) is 1. The van der Waals surface area contributed by atoms with Gasteiger partial charge in [0.15, 0.2) is 16.6 Å². The molecule has 2 aromatic carbocycles. The lowest BCUT2D eigenvalue weighted by atomic mass is 10.2. The van der Waals surface area contributed by atoms with Crippen molar-refractivity contribution in [3.05, 3.63) is 66.4 Å². The van der Waals surface area contributed by atoms with E-state index in [9.17, 15) is 4.79 Å². The summed E-state index contributed by atoms with van der Waals surface area (Å²) in [5.41, 5.74) is 2.16. The van der Waals surface area contributed by atoms with E-state index in [2.05, 4.69) is 20.1 Å². The first-order valence-corrected chi connectivity index (χ1v) is 11.6. The molecule has 2 aromatic heterocycles. The quantitative estimate of drug-likeness (QED) is 0.494. The summed E-state index contributed by atoms with van der Waals surface area (Å²) >= 11 is 1.62. The zero-order chi connectivity index (χ0) is 22.2. The van der Waals surface area contributed by atoms with Crippen molar-refractivity contribution in [3.63, 3.8) is 0 Å². The molecule has 1 N–H and O–H groups in total. The number of hydrogen-bond donors (Lipinski definition) is 1. The number of nitrogens with zero attached hydrogens (tertiary/aromatic N) is 4. The number of thiazole rings is 1. The molecule has 1 fully saturated rings. The summed E-state index contributed by atoms with van der Waals surface area (Å²) in [5, 5.41) is 3.92. The predicted molar refractivity (Wildman–Crippen MR) is 129 cm³/mol. The number of hydrogen-bond acceptors (Lipinski definition) is 8. The van der Waals surface area contributed by atoms with Gasteiger partial charge in [-0.25, -0.2) is 9.97 Å². The van der Waals surface area contributed by atoms with Gasteiger partial charge in [0.2, 0.25) is 6.79 Å². The van der Waals surface area contributed by atoms with Crippen LogP contribution in [0.15, 0.2) is 60.8 Å². The summed E-state index contributed by atoms with van der Waals surface area (Å²) in [6.07, 6.45) is 1.83. The van der Waals surface area contributed by atoms with Gasteiger partial charge in [0.25, 0.3) is 5.91 Å². The van der Waals surface area contributed by atoms with E-state index in [1.807, 2.05) is 42.6 Å². The van der Waals surface area contributed by atoms with Crippen LogP contribution >= 0.6 is 11.3 Å². The molecule has 1 saturated heterocycles. The highest BCUT2D eigenvalue weighted by atomic mass is 32.1. The Bertz CT molecular complexity index is 1320. The first-order chi connectivity index (χ1) is 16.2. The SMILES string of the molecule is O=C(Nc1ccc2c(c1)OCO2)c1ccc2nc(N3CCN(c4ccccn4)CC3)sc2c1. The lowest BCUT2D eigenvalue weighted by Crippen LogP contribution is -2.46. The number of anilines is 3. The number of fused-ring (bicyclic) bond motifs is 2. The molecular formula is C24H21N5O3S. The molecule has 4 heterocycles. The number of pyridine rings is 1. The van der Waals surface area contributed by atoms with E-state index >= 15 is 0 Å². The fourth-order valence-electron chi connectivity index (χ4n) is 4.03. The maximum atomic E-state index is 12.8. The molecule has 0 atom stereocenters. The average Bonchev–Trinajstić information content (AvgIpc) is 3.51. The van der Waals surface area contributed by atoms with E-state index in [1.54, 1.807) is 29.5 Å². The maximum Gasteiger partial charge on any atom is 0.255 e. The highest BCUT2D eigenvalue weighted by molar-refractivity contribution is 7.22. The van der Waals surface area contributed by atoms with E-state index in [1.165, 1.54) is 0 Å². The van der Waals surface area contributed by atoms with Crippen molar-refractivity contribution in [2.24, 2.45) is 0 Å². The third-order valence-corrected chi connectivity index (χ3v) is 6.87. The van der Waals surface area contributed by atoms with Crippen LogP contribution in [0.1, 0.15) is 10.4 Å². The van der Waals surface area contributed by atoms with Crippen LogP contribution in [0.5, 0.6) is 11.5 Å². The van der Waals surface area contributed by atoms with Crippen LogP contribution in [-0.2, 0) is 0 Å². The predicted octanol–water partition coefficient (Wildman–Crippen LogP) is 4.00. The number of carbonyl (C=O) groups is 1. The molecule has 9 heteroatoms. The van der Waals surface area contributed by atoms with Gasteiger partial charge in [-0.2, -0.15) is 0 Å². The van der Waals surface area contributed by atoms with Crippen LogP contribution in [-0.4, -0.2) is 48.8 Å². The Kier molecular flexibility index (Phi) is 4.95. The molecule has 0 bridgehead atoms. The number of rotatable bonds is 4. The molecule has 33 heavy (non-hydrogen) atoms. The van der Waals surface area contributed by atoms with Crippen molar-refractivity contribution in [2.45, 2.75) is 0 Å². The van der Waals surface area contributed by atoms with Crippen molar-refractivity contribution < 1.29 is 14.3 Å². The average molecular weight is 460 g/mol. The third-order valence-electron chi connectivity index (χ3n) is 5.79. The van der Waals surface area contributed by atoms with E-state index in [0.29, 0.717) is 22.7 Å². The first kappa shape index (κ1) is 19.8. The molecule has 8 nitrogen and oxygen atoms in total. The van der Waals surface area contributed by atoms with Crippen molar-refractivity contribution in [1.29, 1.82) is 0 Å². The van der Waals surface area contributed by atoms with Crippen LogP contribution < -0.4 is 24.6 Å². The monoisotopic (exact) mass is 459 g/mol. The largest absolute Gasteiger partial charge is 0.454 e. The third kappa shape index (κ3) is 3.91. The molecule has 4 aromatic rings. The van der Waals surface area contributed by atoms with Crippen molar-refractivity contribution >= 4 is 44.1 Å². The second kappa shape index (κ2) is 8.25. The number of ether oxygens (including phenoxy) is 2. The molecule has 166 valence electrons. The van der Waals surface area contributed by atoms with Crippen LogP contribution in [0.3, 0.4) is 0 Å². The Morgan fingerprint density at radius 3 is 2.64 bits per heavy atom. The van der Waals surface area contributed by atoms with Crippen molar-refractivity contribution in [3.8, 4) is 11.5 Å². The van der Waals surface area contributed by atoms with Gasteiger partial charge in [-0.05, 0) is 42.5 Å². The molecule has 1 amide bonds. The lowest BCUT2D eigenvalue weighted by Gasteiger charge is -2.35. The van der Waals surface area contributed by atoms with Gasteiger partial charge in [-0.15, -0.1) is 0 Å². The summed E-state index contributed by atoms with van der Waals surface area (Å²) in [5.74, 6) is 2.17. The smallest absolute Gasteiger partial charge is 0.255 e. The Hall–Kier alpha value is -3.85. The van der Waals surface area contributed by atoms with Gasteiger partial charge in [0, 0.05) is 49.7 Å². The standard InChI is InChI=1S/C24H21N5O3S/c30-23(26-17-5-7-19-20(14-17)32-15-31-19)16-4-6-18-21(13-16)33-24(27-18)29-11-9-28(10-12-29)22-3-1-2-8-25-22/h1-8,13-14H,9-12,15H2,(H,26,30). The highest BCUT2D eigenvalue weighted by Crippen LogP contribution is 2.35. The maximum absolute atomic E-state index is 12.8. The first-order valence-electron chi connectivity index (χ1n) is 10.8. The van der Waals surface area contributed by atoms with Gasteiger partial charge >= 0.3 is 0 Å². The van der Waals surface area contributed by atoms with Gasteiger partial charge in [0.1, 0.15) is 5.82 Å². The number of carbonyl (C=O) groups excluding carboxylic acids is 1. The molecule has 0 saturated carbocycles. The number of piperazine rings is 1. The minimum atomic E-state index is -0.172. The van der Waals surface area contributed by atoms with Gasteiger partial charge in [0.05, 0.1) is 10.2 Å². The molecule has 0 unspecified atom stereocenters. The molecule has 2 aliphatic rings.